The summed E-state index contributed by atoms with van der Waals surface area (Å²) in [4.78, 5) is 41.2. The molecule has 256 valence electrons. The van der Waals surface area contributed by atoms with Crippen LogP contribution in [0.25, 0.3) is 5.95 Å². The number of ether oxygens (including phenoxy) is 3. The molecule has 0 bridgehead atoms. The van der Waals surface area contributed by atoms with Gasteiger partial charge in [0.1, 0.15) is 11.6 Å². The van der Waals surface area contributed by atoms with Crippen molar-refractivity contribution in [2.75, 3.05) is 25.7 Å². The molecule has 2 heterocycles. The Morgan fingerprint density at radius 1 is 0.958 bits per heavy atom. The van der Waals surface area contributed by atoms with Crippen LogP contribution in [0.2, 0.25) is 0 Å². The largest absolute Gasteiger partial charge is 0.489 e. The van der Waals surface area contributed by atoms with Crippen molar-refractivity contribution in [3.8, 4) is 17.4 Å². The average Bonchev–Trinajstić information content (AvgIpc) is 3.09. The Bertz CT molecular complexity index is 1670. The predicted molar refractivity (Wildman–Crippen MR) is 192 cm³/mol. The molecule has 0 radical (unpaired) electrons. The minimum absolute atomic E-state index is 0.172. The summed E-state index contributed by atoms with van der Waals surface area (Å²) in [6, 6.07) is 13.6. The lowest BCUT2D eigenvalue weighted by molar-refractivity contribution is -0.149. The monoisotopic (exact) mass is 672 g/mol. The molecule has 4 aromatic rings. The summed E-state index contributed by atoms with van der Waals surface area (Å²) >= 11 is 1.70. The number of rotatable bonds is 18. The van der Waals surface area contributed by atoms with E-state index in [0.29, 0.717) is 42.3 Å². The Hall–Kier alpha value is -4.18. The summed E-state index contributed by atoms with van der Waals surface area (Å²) < 4.78 is 19.0. The number of hydrogen-bond donors (Lipinski definition) is 0. The van der Waals surface area contributed by atoms with Crippen molar-refractivity contribution in [1.82, 2.24) is 19.5 Å². The molecule has 0 spiro atoms. The minimum Gasteiger partial charge on any atom is -0.489 e. The van der Waals surface area contributed by atoms with Gasteiger partial charge < -0.3 is 14.2 Å². The van der Waals surface area contributed by atoms with Gasteiger partial charge in [-0.1, -0.05) is 82.5 Å². The highest BCUT2D eigenvalue weighted by Crippen LogP contribution is 2.34. The molecule has 2 aromatic heterocycles. The lowest BCUT2D eigenvalue weighted by Crippen LogP contribution is -2.29. The zero-order valence-corrected chi connectivity index (χ0v) is 29.9. The fourth-order valence-electron chi connectivity index (χ4n) is 5.72. The number of methoxy groups -OCH3 is 1. The van der Waals surface area contributed by atoms with Gasteiger partial charge >= 0.3 is 5.97 Å². The molecule has 1 unspecified atom stereocenters. The first-order valence-corrected chi connectivity index (χ1v) is 18.2. The third-order valence-corrected chi connectivity index (χ3v) is 8.62. The molecule has 0 fully saturated rings. The molecule has 0 saturated carbocycles. The maximum atomic E-state index is 14.3. The first-order valence-electron chi connectivity index (χ1n) is 16.8. The van der Waals surface area contributed by atoms with E-state index < -0.39 is 12.1 Å². The zero-order chi connectivity index (χ0) is 34.5. The summed E-state index contributed by atoms with van der Waals surface area (Å²) in [5.41, 5.74) is 4.98. The van der Waals surface area contributed by atoms with Gasteiger partial charge in [0.2, 0.25) is 12.1 Å². The molecule has 9 nitrogen and oxygen atoms in total. The molecule has 0 N–H and O–H groups in total. The number of carbonyl (C=O) groups excluding carboxylic acids is 1. The number of nitrogens with zero attached hydrogens (tertiary/aromatic N) is 4. The second kappa shape index (κ2) is 18.4. The second-order valence-corrected chi connectivity index (χ2v) is 12.7. The van der Waals surface area contributed by atoms with E-state index in [1.54, 1.807) is 24.2 Å². The number of benzene rings is 2. The topological polar surface area (TPSA) is 105 Å². The number of esters is 1. The van der Waals surface area contributed by atoms with Crippen molar-refractivity contribution in [1.29, 1.82) is 0 Å². The summed E-state index contributed by atoms with van der Waals surface area (Å²) in [7, 11) is 1.38. The fraction of sp³-hybridized carbons (Fsp3) is 0.447. The molecule has 2 aromatic carbocycles. The summed E-state index contributed by atoms with van der Waals surface area (Å²) in [6.07, 6.45) is 10.6. The minimum atomic E-state index is -0.898. The van der Waals surface area contributed by atoms with Gasteiger partial charge in [-0.15, -0.1) is 0 Å². The Balaban J connectivity index is 1.79. The van der Waals surface area contributed by atoms with Crippen LogP contribution in [0.4, 0.5) is 0 Å². The molecule has 0 aliphatic heterocycles. The van der Waals surface area contributed by atoms with E-state index in [1.165, 1.54) is 11.7 Å². The van der Waals surface area contributed by atoms with E-state index >= 15 is 0 Å². The zero-order valence-electron chi connectivity index (χ0n) is 29.1. The van der Waals surface area contributed by atoms with E-state index in [-0.39, 0.29) is 11.5 Å². The maximum absolute atomic E-state index is 14.3. The van der Waals surface area contributed by atoms with Crippen LogP contribution in [0.15, 0.2) is 59.7 Å². The van der Waals surface area contributed by atoms with Crippen LogP contribution in [-0.2, 0) is 35.2 Å². The van der Waals surface area contributed by atoms with Crippen LogP contribution < -0.4 is 15.0 Å². The first kappa shape index (κ1) is 36.7. The van der Waals surface area contributed by atoms with E-state index in [1.807, 2.05) is 43.5 Å². The van der Waals surface area contributed by atoms with Crippen molar-refractivity contribution < 1.29 is 19.0 Å². The van der Waals surface area contributed by atoms with Crippen molar-refractivity contribution in [2.45, 2.75) is 85.2 Å². The smallest absolute Gasteiger partial charge is 0.351 e. The summed E-state index contributed by atoms with van der Waals surface area (Å²) in [6.45, 7) is 8.75. The van der Waals surface area contributed by atoms with Crippen LogP contribution in [-0.4, -0.2) is 51.2 Å². The van der Waals surface area contributed by atoms with Crippen LogP contribution in [0.1, 0.15) is 91.9 Å². The van der Waals surface area contributed by atoms with E-state index in [9.17, 15) is 9.59 Å². The van der Waals surface area contributed by atoms with Crippen LogP contribution in [0, 0.1) is 6.92 Å². The third-order valence-electron chi connectivity index (χ3n) is 8.04. The van der Waals surface area contributed by atoms with Gasteiger partial charge in [0, 0.05) is 23.3 Å². The Labute approximate surface area is 288 Å². The van der Waals surface area contributed by atoms with Crippen LogP contribution >= 0.6 is 11.8 Å². The van der Waals surface area contributed by atoms with Gasteiger partial charge in [-0.3, -0.25) is 4.79 Å². The van der Waals surface area contributed by atoms with E-state index in [4.69, 9.17) is 19.2 Å². The molecule has 0 amide bonds. The van der Waals surface area contributed by atoms with Crippen molar-refractivity contribution in [2.24, 2.45) is 0 Å². The maximum Gasteiger partial charge on any atom is 0.351 e. The van der Waals surface area contributed by atoms with Gasteiger partial charge in [-0.2, -0.15) is 11.8 Å². The van der Waals surface area contributed by atoms with Crippen molar-refractivity contribution in [3.05, 3.63) is 105 Å². The van der Waals surface area contributed by atoms with Crippen molar-refractivity contribution >= 4 is 17.7 Å². The SMILES string of the molecule is CCCCc1nc(C)n(-c2ncc(OCCSC)cn2)c(=O)c1Cc1cc(CCC)c(OC(C(=O)OC)c2ccccc2)c(CCC)c1. The molecule has 48 heavy (non-hydrogen) atoms. The quantitative estimate of drug-likeness (QED) is 0.0801. The standard InChI is InChI=1S/C38H48N4O5S/c1-7-10-18-33-32(36(43)42(26(4)41-33)38-39-24-31(25-40-38)46-19-20-48-6)23-27-21-29(14-8-2)34(30(22-27)15-9-3)47-35(37(44)45-5)28-16-12-11-13-17-28/h11-13,16-17,21-22,24-25,35H,7-10,14-15,18-20,23H2,1-6H3. The fourth-order valence-corrected chi connectivity index (χ4v) is 5.97. The highest BCUT2D eigenvalue weighted by Gasteiger charge is 2.27. The molecule has 0 saturated heterocycles. The normalized spacial score (nSPS) is 11.7. The van der Waals surface area contributed by atoms with E-state index in [0.717, 1.165) is 72.2 Å². The van der Waals surface area contributed by atoms with Crippen LogP contribution in [0.5, 0.6) is 11.5 Å². The number of hydrogen-bond acceptors (Lipinski definition) is 9. The highest BCUT2D eigenvalue weighted by atomic mass is 32.2. The number of aryl methyl sites for hydroxylation is 4. The number of carbonyl (C=O) groups is 1. The second-order valence-electron chi connectivity index (χ2n) is 11.7. The Morgan fingerprint density at radius 3 is 2.21 bits per heavy atom. The molecule has 1 atom stereocenters. The van der Waals surface area contributed by atoms with Gasteiger partial charge in [0.05, 0.1) is 31.8 Å². The summed E-state index contributed by atoms with van der Waals surface area (Å²) in [5, 5.41) is 0. The molecule has 0 aliphatic rings. The average molecular weight is 673 g/mol. The van der Waals surface area contributed by atoms with Gasteiger partial charge in [0.15, 0.2) is 5.75 Å². The summed E-state index contributed by atoms with van der Waals surface area (Å²) in [5.74, 6) is 2.48. The molecule has 4 rings (SSSR count). The lowest BCUT2D eigenvalue weighted by atomic mass is 9.94. The van der Waals surface area contributed by atoms with E-state index in [2.05, 4.69) is 42.9 Å². The Kier molecular flexibility index (Phi) is 14.0. The van der Waals surface area contributed by atoms with Gasteiger partial charge in [0.25, 0.3) is 5.56 Å². The van der Waals surface area contributed by atoms with Crippen molar-refractivity contribution in [3.63, 3.8) is 0 Å². The lowest BCUT2D eigenvalue weighted by Gasteiger charge is -2.23. The van der Waals surface area contributed by atoms with Gasteiger partial charge in [-0.25, -0.2) is 24.3 Å². The molecule has 10 heteroatoms. The van der Waals surface area contributed by atoms with Crippen LogP contribution in [0.3, 0.4) is 0 Å². The molecular weight excluding hydrogens is 625 g/mol. The predicted octanol–water partition coefficient (Wildman–Crippen LogP) is 7.20. The molecule has 0 aliphatic carbocycles. The first-order chi connectivity index (χ1) is 23.3. The Morgan fingerprint density at radius 2 is 1.62 bits per heavy atom. The molecular formula is C38H48N4O5S. The third kappa shape index (κ3) is 9.24. The number of aromatic nitrogens is 4. The van der Waals surface area contributed by atoms with Gasteiger partial charge in [-0.05, 0) is 55.6 Å². The number of unbranched alkanes of at least 4 members (excludes halogenated alkanes) is 1. The highest BCUT2D eigenvalue weighted by molar-refractivity contribution is 7.98. The number of thioether (sulfide) groups is 1.